The normalized spacial score (nSPS) is 24.5. The van der Waals surface area contributed by atoms with Crippen LogP contribution in [0.2, 0.25) is 5.02 Å². The van der Waals surface area contributed by atoms with Crippen LogP contribution in [0.1, 0.15) is 18.9 Å². The van der Waals surface area contributed by atoms with Crippen molar-refractivity contribution in [3.05, 3.63) is 28.8 Å². The number of nitriles is 1. The van der Waals surface area contributed by atoms with Gasteiger partial charge in [0.25, 0.3) is 0 Å². The second-order valence-corrected chi connectivity index (χ2v) is 4.99. The molecule has 4 heteroatoms. The number of halogens is 1. The van der Waals surface area contributed by atoms with E-state index in [9.17, 15) is 5.11 Å². The van der Waals surface area contributed by atoms with Gasteiger partial charge in [0.05, 0.1) is 17.4 Å². The van der Waals surface area contributed by atoms with Gasteiger partial charge in [-0.1, -0.05) is 18.5 Å². The van der Waals surface area contributed by atoms with Crippen LogP contribution in [0.4, 0.5) is 5.69 Å². The van der Waals surface area contributed by atoms with E-state index >= 15 is 0 Å². The van der Waals surface area contributed by atoms with E-state index in [4.69, 9.17) is 16.9 Å². The molecule has 0 bridgehead atoms. The Kier molecular flexibility index (Phi) is 3.56. The summed E-state index contributed by atoms with van der Waals surface area (Å²) < 4.78 is 0. The number of benzene rings is 1. The Morgan fingerprint density at radius 2 is 2.29 bits per heavy atom. The van der Waals surface area contributed by atoms with E-state index in [1.54, 1.807) is 18.2 Å². The molecule has 2 atom stereocenters. The Morgan fingerprint density at radius 3 is 2.94 bits per heavy atom. The Morgan fingerprint density at radius 1 is 1.53 bits per heavy atom. The third-order valence-electron chi connectivity index (χ3n) is 3.34. The van der Waals surface area contributed by atoms with Gasteiger partial charge in [-0.2, -0.15) is 5.26 Å². The van der Waals surface area contributed by atoms with Crippen molar-refractivity contribution in [2.45, 2.75) is 19.4 Å². The molecule has 1 heterocycles. The van der Waals surface area contributed by atoms with Gasteiger partial charge in [-0.25, -0.2) is 0 Å². The van der Waals surface area contributed by atoms with Gasteiger partial charge in [-0.3, -0.25) is 0 Å². The lowest BCUT2D eigenvalue weighted by Gasteiger charge is -2.36. The molecule has 3 nitrogen and oxygen atoms in total. The quantitative estimate of drug-likeness (QED) is 0.833. The van der Waals surface area contributed by atoms with Crippen LogP contribution in [-0.2, 0) is 0 Å². The molecule has 1 aromatic carbocycles. The van der Waals surface area contributed by atoms with E-state index in [1.165, 1.54) is 0 Å². The molecule has 1 N–H and O–H groups in total. The molecule has 2 rings (SSSR count). The summed E-state index contributed by atoms with van der Waals surface area (Å²) in [5.41, 5.74) is 1.43. The molecular weight excluding hydrogens is 236 g/mol. The number of hydrogen-bond donors (Lipinski definition) is 1. The molecule has 0 amide bonds. The minimum Gasteiger partial charge on any atom is -0.391 e. The van der Waals surface area contributed by atoms with Crippen LogP contribution in [0.25, 0.3) is 0 Å². The maximum Gasteiger partial charge on any atom is 0.101 e. The van der Waals surface area contributed by atoms with Gasteiger partial charge >= 0.3 is 0 Å². The first-order valence-corrected chi connectivity index (χ1v) is 6.12. The molecule has 1 aliphatic rings. The second-order valence-electron chi connectivity index (χ2n) is 4.55. The van der Waals surface area contributed by atoms with Gasteiger partial charge in [0.1, 0.15) is 6.07 Å². The highest BCUT2D eigenvalue weighted by Crippen LogP contribution is 2.28. The summed E-state index contributed by atoms with van der Waals surface area (Å²) in [6.45, 7) is 3.47. The first-order valence-electron chi connectivity index (χ1n) is 5.74. The Balaban J connectivity index is 2.28. The standard InChI is InChI=1S/C13H15ClN2O/c1-9-4-5-16(8-13(9)17)12-6-11(14)3-2-10(12)7-15/h2-3,6,9,13,17H,4-5,8H2,1H3. The summed E-state index contributed by atoms with van der Waals surface area (Å²) in [5.74, 6) is 0.316. The minimum absolute atomic E-state index is 0.316. The van der Waals surface area contributed by atoms with Crippen LogP contribution >= 0.6 is 11.6 Å². The fourth-order valence-corrected chi connectivity index (χ4v) is 2.30. The number of rotatable bonds is 1. The predicted molar refractivity (Wildman–Crippen MR) is 68.2 cm³/mol. The molecule has 90 valence electrons. The zero-order chi connectivity index (χ0) is 12.4. The van der Waals surface area contributed by atoms with Crippen molar-refractivity contribution in [1.29, 1.82) is 5.26 Å². The Hall–Kier alpha value is -1.24. The first-order chi connectivity index (χ1) is 8.11. The molecule has 0 spiro atoms. The topological polar surface area (TPSA) is 47.3 Å². The van der Waals surface area contributed by atoms with Gasteiger partial charge in [-0.15, -0.1) is 0 Å². The van der Waals surface area contributed by atoms with Crippen molar-refractivity contribution in [3.8, 4) is 6.07 Å². The molecule has 1 saturated heterocycles. The third kappa shape index (κ3) is 2.54. The minimum atomic E-state index is -0.339. The van der Waals surface area contributed by atoms with Crippen molar-refractivity contribution in [2.75, 3.05) is 18.0 Å². The molecule has 1 aromatic rings. The van der Waals surface area contributed by atoms with Gasteiger partial charge in [0.15, 0.2) is 0 Å². The summed E-state index contributed by atoms with van der Waals surface area (Å²) in [6.07, 6.45) is 0.590. The third-order valence-corrected chi connectivity index (χ3v) is 3.57. The van der Waals surface area contributed by atoms with Gasteiger partial charge in [0, 0.05) is 18.1 Å². The molecule has 1 aliphatic heterocycles. The average molecular weight is 251 g/mol. The van der Waals surface area contributed by atoms with Crippen LogP contribution in [0, 0.1) is 17.2 Å². The summed E-state index contributed by atoms with van der Waals surface area (Å²) >= 11 is 5.96. The van der Waals surface area contributed by atoms with E-state index in [0.717, 1.165) is 18.7 Å². The molecular formula is C13H15ClN2O. The Bertz CT molecular complexity index is 455. The zero-order valence-electron chi connectivity index (χ0n) is 9.73. The van der Waals surface area contributed by atoms with E-state index in [0.29, 0.717) is 23.0 Å². The number of aliphatic hydroxyl groups excluding tert-OH is 1. The van der Waals surface area contributed by atoms with Crippen molar-refractivity contribution in [3.63, 3.8) is 0 Å². The van der Waals surface area contributed by atoms with Crippen LogP contribution in [0.3, 0.4) is 0 Å². The predicted octanol–water partition coefficient (Wildman–Crippen LogP) is 2.42. The highest BCUT2D eigenvalue weighted by Gasteiger charge is 2.25. The highest BCUT2D eigenvalue weighted by atomic mass is 35.5. The van der Waals surface area contributed by atoms with E-state index in [1.807, 2.05) is 11.8 Å². The SMILES string of the molecule is CC1CCN(c2cc(Cl)ccc2C#N)CC1O. The monoisotopic (exact) mass is 250 g/mol. The fraction of sp³-hybridized carbons (Fsp3) is 0.462. The number of hydrogen-bond acceptors (Lipinski definition) is 3. The molecule has 0 aliphatic carbocycles. The molecule has 17 heavy (non-hydrogen) atoms. The molecule has 2 unspecified atom stereocenters. The smallest absolute Gasteiger partial charge is 0.101 e. The lowest BCUT2D eigenvalue weighted by Crippen LogP contribution is -2.43. The number of anilines is 1. The number of nitrogens with zero attached hydrogens (tertiary/aromatic N) is 2. The van der Waals surface area contributed by atoms with Crippen molar-refractivity contribution in [1.82, 2.24) is 0 Å². The number of piperidine rings is 1. The molecule has 0 aromatic heterocycles. The summed E-state index contributed by atoms with van der Waals surface area (Å²) in [7, 11) is 0. The fourth-order valence-electron chi connectivity index (χ4n) is 2.13. The van der Waals surface area contributed by atoms with E-state index < -0.39 is 0 Å². The van der Waals surface area contributed by atoms with Gasteiger partial charge in [0.2, 0.25) is 0 Å². The van der Waals surface area contributed by atoms with Crippen LogP contribution in [0.5, 0.6) is 0 Å². The van der Waals surface area contributed by atoms with Gasteiger partial charge in [-0.05, 0) is 30.5 Å². The molecule has 0 radical (unpaired) electrons. The lowest BCUT2D eigenvalue weighted by atomic mass is 9.95. The molecule has 1 fully saturated rings. The number of β-amino-alcohol motifs (C(OH)–C–C–N with tert-alkyl or cyclic N) is 1. The van der Waals surface area contributed by atoms with Crippen LogP contribution < -0.4 is 4.90 Å². The number of aliphatic hydroxyl groups is 1. The maximum atomic E-state index is 9.88. The van der Waals surface area contributed by atoms with Gasteiger partial charge < -0.3 is 10.0 Å². The Labute approximate surface area is 106 Å². The highest BCUT2D eigenvalue weighted by molar-refractivity contribution is 6.30. The van der Waals surface area contributed by atoms with E-state index in [-0.39, 0.29) is 6.10 Å². The van der Waals surface area contributed by atoms with Crippen LogP contribution in [0.15, 0.2) is 18.2 Å². The second kappa shape index (κ2) is 4.95. The molecule has 0 saturated carbocycles. The first kappa shape index (κ1) is 12.2. The summed E-state index contributed by atoms with van der Waals surface area (Å²) in [6, 6.07) is 7.40. The summed E-state index contributed by atoms with van der Waals surface area (Å²) in [4.78, 5) is 2.04. The van der Waals surface area contributed by atoms with Crippen molar-refractivity contribution in [2.24, 2.45) is 5.92 Å². The van der Waals surface area contributed by atoms with Crippen LogP contribution in [-0.4, -0.2) is 24.3 Å². The van der Waals surface area contributed by atoms with E-state index in [2.05, 4.69) is 6.07 Å². The average Bonchev–Trinajstić information content (AvgIpc) is 2.32. The van der Waals surface area contributed by atoms with Crippen molar-refractivity contribution >= 4 is 17.3 Å². The zero-order valence-corrected chi connectivity index (χ0v) is 10.5. The largest absolute Gasteiger partial charge is 0.391 e. The summed E-state index contributed by atoms with van der Waals surface area (Å²) in [5, 5.41) is 19.6. The lowest BCUT2D eigenvalue weighted by molar-refractivity contribution is 0.103. The maximum absolute atomic E-state index is 9.88. The van der Waals surface area contributed by atoms with Crippen molar-refractivity contribution < 1.29 is 5.11 Å².